The minimum absolute atomic E-state index is 0. The molecule has 0 aromatic carbocycles. The Bertz CT molecular complexity index is 401. The molecule has 7 heteroatoms. The number of carboxylic acid groups (broad SMARTS) is 1. The fraction of sp³-hybridized carbons (Fsp3) is 0.750. The second-order valence-electron chi connectivity index (χ2n) is 5.37. The van der Waals surface area contributed by atoms with Crippen molar-refractivity contribution in [2.24, 2.45) is 0 Å². The van der Waals surface area contributed by atoms with Crippen LogP contribution in [0.25, 0.3) is 0 Å². The van der Waals surface area contributed by atoms with Crippen LogP contribution in [-0.4, -0.2) is 39.2 Å². The molecule has 1 heterocycles. The predicted octanol–water partition coefficient (Wildman–Crippen LogP) is 2.09. The molecular weight excluding hydrogens is 270 g/mol. The molecular formula is C12H22ClN3O3. The van der Waals surface area contributed by atoms with Crippen LogP contribution in [0.3, 0.4) is 0 Å². The van der Waals surface area contributed by atoms with Crippen molar-refractivity contribution in [3.8, 4) is 0 Å². The number of hydrogen-bond acceptors (Lipinski definition) is 5. The van der Waals surface area contributed by atoms with Crippen molar-refractivity contribution in [1.82, 2.24) is 15.0 Å². The molecule has 0 fully saturated rings. The number of hydrogen-bond donors (Lipinski definition) is 1. The van der Waals surface area contributed by atoms with Gasteiger partial charge in [-0.2, -0.15) is 4.98 Å². The molecule has 1 rings (SSSR count). The van der Waals surface area contributed by atoms with Gasteiger partial charge in [-0.05, 0) is 13.0 Å². The van der Waals surface area contributed by atoms with Crippen molar-refractivity contribution in [3.63, 3.8) is 0 Å². The molecule has 1 aromatic heterocycles. The van der Waals surface area contributed by atoms with E-state index >= 15 is 0 Å². The number of nitrogens with zero attached hydrogens (tertiary/aromatic N) is 3. The summed E-state index contributed by atoms with van der Waals surface area (Å²) < 4.78 is 5.18. The van der Waals surface area contributed by atoms with Crippen molar-refractivity contribution in [2.75, 3.05) is 13.1 Å². The molecule has 19 heavy (non-hydrogen) atoms. The Morgan fingerprint density at radius 3 is 2.47 bits per heavy atom. The van der Waals surface area contributed by atoms with Crippen LogP contribution in [0, 0.1) is 0 Å². The first kappa shape index (κ1) is 17.9. The second kappa shape index (κ2) is 7.45. The lowest BCUT2D eigenvalue weighted by molar-refractivity contribution is -0.138. The molecule has 0 atom stereocenters. The summed E-state index contributed by atoms with van der Waals surface area (Å²) >= 11 is 0. The minimum atomic E-state index is -0.844. The topological polar surface area (TPSA) is 79.5 Å². The minimum Gasteiger partial charge on any atom is -0.480 e. The largest absolute Gasteiger partial charge is 0.480 e. The van der Waals surface area contributed by atoms with Gasteiger partial charge in [0, 0.05) is 5.41 Å². The number of carboxylic acids is 1. The summed E-state index contributed by atoms with van der Waals surface area (Å²) in [4.78, 5) is 16.8. The van der Waals surface area contributed by atoms with Gasteiger partial charge in [0.15, 0.2) is 5.82 Å². The Morgan fingerprint density at radius 2 is 2.05 bits per heavy atom. The predicted molar refractivity (Wildman–Crippen MR) is 73.4 cm³/mol. The Labute approximate surface area is 119 Å². The third-order valence-corrected chi connectivity index (χ3v) is 2.37. The normalized spacial score (nSPS) is 11.4. The van der Waals surface area contributed by atoms with Gasteiger partial charge in [0.05, 0.1) is 13.1 Å². The van der Waals surface area contributed by atoms with Gasteiger partial charge in [-0.1, -0.05) is 32.9 Å². The van der Waals surface area contributed by atoms with E-state index in [0.717, 1.165) is 6.42 Å². The zero-order valence-electron chi connectivity index (χ0n) is 11.8. The van der Waals surface area contributed by atoms with Crippen molar-refractivity contribution in [1.29, 1.82) is 0 Å². The Hall–Kier alpha value is -1.14. The van der Waals surface area contributed by atoms with Crippen molar-refractivity contribution < 1.29 is 14.4 Å². The fourth-order valence-corrected chi connectivity index (χ4v) is 1.54. The smallest absolute Gasteiger partial charge is 0.317 e. The van der Waals surface area contributed by atoms with E-state index in [1.165, 1.54) is 0 Å². The maximum absolute atomic E-state index is 10.7. The summed E-state index contributed by atoms with van der Waals surface area (Å²) in [6.07, 6.45) is 0.886. The molecule has 0 bridgehead atoms. The highest BCUT2D eigenvalue weighted by Crippen LogP contribution is 2.19. The van der Waals surface area contributed by atoms with Crippen LogP contribution in [0.15, 0.2) is 4.52 Å². The van der Waals surface area contributed by atoms with E-state index < -0.39 is 5.97 Å². The van der Waals surface area contributed by atoms with E-state index in [1.54, 1.807) is 4.90 Å². The average Bonchev–Trinajstić information content (AvgIpc) is 2.64. The monoisotopic (exact) mass is 291 g/mol. The van der Waals surface area contributed by atoms with Gasteiger partial charge in [0.25, 0.3) is 0 Å². The summed E-state index contributed by atoms with van der Waals surface area (Å²) in [6, 6.07) is 0. The molecule has 1 aromatic rings. The van der Waals surface area contributed by atoms with Crippen LogP contribution >= 0.6 is 12.4 Å². The molecule has 110 valence electrons. The molecule has 1 N–H and O–H groups in total. The van der Waals surface area contributed by atoms with E-state index in [0.29, 0.717) is 24.8 Å². The van der Waals surface area contributed by atoms with Crippen LogP contribution in [-0.2, 0) is 16.8 Å². The van der Waals surface area contributed by atoms with Crippen LogP contribution < -0.4 is 0 Å². The first-order chi connectivity index (χ1) is 8.32. The summed E-state index contributed by atoms with van der Waals surface area (Å²) in [5, 5.41) is 12.7. The molecule has 0 aliphatic rings. The maximum Gasteiger partial charge on any atom is 0.317 e. The number of halogens is 1. The highest BCUT2D eigenvalue weighted by atomic mass is 35.5. The Kier molecular flexibility index (Phi) is 7.00. The average molecular weight is 292 g/mol. The van der Waals surface area contributed by atoms with Crippen LogP contribution in [0.2, 0.25) is 0 Å². The first-order valence-corrected chi connectivity index (χ1v) is 6.10. The zero-order valence-corrected chi connectivity index (χ0v) is 12.7. The quantitative estimate of drug-likeness (QED) is 0.864. The highest BCUT2D eigenvalue weighted by Gasteiger charge is 2.22. The van der Waals surface area contributed by atoms with Gasteiger partial charge in [-0.3, -0.25) is 9.69 Å². The van der Waals surface area contributed by atoms with Gasteiger partial charge < -0.3 is 9.63 Å². The van der Waals surface area contributed by atoms with E-state index in [2.05, 4.69) is 10.1 Å². The summed E-state index contributed by atoms with van der Waals surface area (Å²) in [5.74, 6) is 0.266. The third-order valence-electron chi connectivity index (χ3n) is 2.37. The van der Waals surface area contributed by atoms with E-state index in [4.69, 9.17) is 9.63 Å². The molecule has 6 nitrogen and oxygen atoms in total. The molecule has 0 radical (unpaired) electrons. The standard InChI is InChI=1S/C12H21N3O3.ClH/c1-5-6-15(8-10(16)17)7-9-13-11(18-14-9)12(2,3)4;/h5-8H2,1-4H3,(H,16,17);1H. The van der Waals surface area contributed by atoms with Crippen molar-refractivity contribution >= 4 is 18.4 Å². The SMILES string of the molecule is CCCN(CC(=O)O)Cc1noc(C(C)(C)C)n1.Cl. The Morgan fingerprint density at radius 1 is 1.42 bits per heavy atom. The van der Waals surface area contributed by atoms with Crippen LogP contribution in [0.1, 0.15) is 45.8 Å². The second-order valence-corrected chi connectivity index (χ2v) is 5.37. The highest BCUT2D eigenvalue weighted by molar-refractivity contribution is 5.85. The lowest BCUT2D eigenvalue weighted by Crippen LogP contribution is -2.30. The van der Waals surface area contributed by atoms with Crippen molar-refractivity contribution in [3.05, 3.63) is 11.7 Å². The summed E-state index contributed by atoms with van der Waals surface area (Å²) in [5.41, 5.74) is -0.187. The number of aromatic nitrogens is 2. The zero-order chi connectivity index (χ0) is 13.8. The third kappa shape index (κ3) is 6.02. The molecule has 0 saturated carbocycles. The lowest BCUT2D eigenvalue weighted by Gasteiger charge is -2.16. The van der Waals surface area contributed by atoms with Crippen LogP contribution in [0.4, 0.5) is 0 Å². The Balaban J connectivity index is 0.00000324. The molecule has 0 aliphatic carbocycles. The number of carbonyl (C=O) groups is 1. The molecule has 0 amide bonds. The maximum atomic E-state index is 10.7. The summed E-state index contributed by atoms with van der Waals surface area (Å²) in [6.45, 7) is 9.08. The molecule has 0 unspecified atom stereocenters. The van der Waals surface area contributed by atoms with Gasteiger partial charge in [0.1, 0.15) is 0 Å². The number of aliphatic carboxylic acids is 1. The van der Waals surface area contributed by atoms with Gasteiger partial charge in [0.2, 0.25) is 5.89 Å². The lowest BCUT2D eigenvalue weighted by atomic mass is 9.97. The molecule has 0 saturated heterocycles. The molecule has 0 spiro atoms. The fourth-order valence-electron chi connectivity index (χ4n) is 1.54. The van der Waals surface area contributed by atoms with E-state index in [9.17, 15) is 4.79 Å². The first-order valence-electron chi connectivity index (χ1n) is 6.10. The van der Waals surface area contributed by atoms with E-state index in [1.807, 2.05) is 27.7 Å². The van der Waals surface area contributed by atoms with Gasteiger partial charge >= 0.3 is 5.97 Å². The van der Waals surface area contributed by atoms with Crippen molar-refractivity contribution in [2.45, 2.75) is 46.1 Å². The van der Waals surface area contributed by atoms with Gasteiger partial charge in [-0.15, -0.1) is 12.4 Å². The van der Waals surface area contributed by atoms with Crippen LogP contribution in [0.5, 0.6) is 0 Å². The van der Waals surface area contributed by atoms with Gasteiger partial charge in [-0.25, -0.2) is 0 Å². The number of rotatable bonds is 6. The van der Waals surface area contributed by atoms with E-state index in [-0.39, 0.29) is 24.4 Å². The molecule has 0 aliphatic heterocycles. The summed E-state index contributed by atoms with van der Waals surface area (Å²) in [7, 11) is 0.